The largest absolute Gasteiger partial charge is 0.465 e. The molecule has 0 fully saturated rings. The van der Waals surface area contributed by atoms with Crippen LogP contribution >= 0.6 is 0 Å². The Balaban J connectivity index is 3.47. The second-order valence-corrected chi connectivity index (χ2v) is 4.79. The van der Waals surface area contributed by atoms with Gasteiger partial charge in [-0.25, -0.2) is 9.59 Å². The van der Waals surface area contributed by atoms with Gasteiger partial charge in [0.2, 0.25) is 0 Å². The van der Waals surface area contributed by atoms with Crippen molar-refractivity contribution >= 4 is 11.9 Å². The molecule has 4 heteroatoms. The number of esters is 2. The van der Waals surface area contributed by atoms with E-state index in [0.717, 1.165) is 36.0 Å². The van der Waals surface area contributed by atoms with E-state index in [1.165, 1.54) is 14.2 Å². The number of hydrogen-bond acceptors (Lipinski definition) is 4. The van der Waals surface area contributed by atoms with Gasteiger partial charge in [-0.1, -0.05) is 13.3 Å². The molecule has 0 aliphatic rings. The summed E-state index contributed by atoms with van der Waals surface area (Å²) >= 11 is 0. The fraction of sp³-hybridized carbons (Fsp3) is 0.500. The van der Waals surface area contributed by atoms with Gasteiger partial charge in [0.25, 0.3) is 0 Å². The van der Waals surface area contributed by atoms with Crippen LogP contribution in [0.2, 0.25) is 0 Å². The van der Waals surface area contributed by atoms with Gasteiger partial charge in [-0.2, -0.15) is 0 Å². The molecule has 0 radical (unpaired) electrons. The summed E-state index contributed by atoms with van der Waals surface area (Å²) in [5.74, 6) is -1.01. The van der Waals surface area contributed by atoms with Crippen molar-refractivity contribution in [3.8, 4) is 0 Å². The van der Waals surface area contributed by atoms with E-state index in [2.05, 4.69) is 6.92 Å². The number of methoxy groups -OCH3 is 2. The Kier molecular flexibility index (Phi) is 5.74. The zero-order valence-electron chi connectivity index (χ0n) is 12.8. The van der Waals surface area contributed by atoms with E-state index in [4.69, 9.17) is 9.47 Å². The van der Waals surface area contributed by atoms with Crippen LogP contribution in [0.25, 0.3) is 0 Å². The summed E-state index contributed by atoms with van der Waals surface area (Å²) in [6, 6.07) is 1.76. The Labute approximate surface area is 120 Å². The number of rotatable bonds is 5. The molecule has 1 aromatic carbocycles. The highest BCUT2D eigenvalue weighted by Crippen LogP contribution is 2.25. The first-order chi connectivity index (χ1) is 9.47. The van der Waals surface area contributed by atoms with Gasteiger partial charge < -0.3 is 9.47 Å². The van der Waals surface area contributed by atoms with Crippen LogP contribution < -0.4 is 0 Å². The predicted octanol–water partition coefficient (Wildman–Crippen LogP) is 3.22. The molecule has 0 aliphatic carbocycles. The molecule has 0 saturated carbocycles. The van der Waals surface area contributed by atoms with Gasteiger partial charge >= 0.3 is 11.9 Å². The first kappa shape index (κ1) is 16.2. The summed E-state index contributed by atoms with van der Waals surface area (Å²) in [6.07, 6.45) is 3.00. The van der Waals surface area contributed by atoms with Crippen molar-refractivity contribution in [2.24, 2.45) is 0 Å². The lowest BCUT2D eigenvalue weighted by Gasteiger charge is -2.16. The van der Waals surface area contributed by atoms with Crippen LogP contribution in [0.3, 0.4) is 0 Å². The minimum absolute atomic E-state index is 0.286. The van der Waals surface area contributed by atoms with Crippen molar-refractivity contribution in [3.05, 3.63) is 33.9 Å². The third-order valence-electron chi connectivity index (χ3n) is 3.60. The maximum atomic E-state index is 11.9. The zero-order chi connectivity index (χ0) is 15.3. The van der Waals surface area contributed by atoms with Crippen molar-refractivity contribution in [1.29, 1.82) is 0 Å². The molecule has 0 amide bonds. The van der Waals surface area contributed by atoms with E-state index < -0.39 is 11.9 Å². The second-order valence-electron chi connectivity index (χ2n) is 4.79. The molecule has 1 aromatic rings. The highest BCUT2D eigenvalue weighted by molar-refractivity contribution is 6.04. The van der Waals surface area contributed by atoms with Gasteiger partial charge in [0.05, 0.1) is 25.3 Å². The third kappa shape index (κ3) is 3.18. The molecule has 0 spiro atoms. The van der Waals surface area contributed by atoms with Gasteiger partial charge in [-0.3, -0.25) is 0 Å². The van der Waals surface area contributed by atoms with Crippen LogP contribution in [0.1, 0.15) is 57.2 Å². The first-order valence-electron chi connectivity index (χ1n) is 6.77. The smallest absolute Gasteiger partial charge is 0.339 e. The van der Waals surface area contributed by atoms with Gasteiger partial charge in [-0.05, 0) is 49.4 Å². The molecule has 0 bridgehead atoms. The Morgan fingerprint density at radius 2 is 1.65 bits per heavy atom. The van der Waals surface area contributed by atoms with Crippen LogP contribution in [0, 0.1) is 13.8 Å². The molecular weight excluding hydrogens is 256 g/mol. The summed E-state index contributed by atoms with van der Waals surface area (Å²) in [5.41, 5.74) is 3.49. The Morgan fingerprint density at radius 3 is 2.15 bits per heavy atom. The molecule has 0 saturated heterocycles. The lowest BCUT2D eigenvalue weighted by molar-refractivity contribution is 0.0554. The van der Waals surface area contributed by atoms with Gasteiger partial charge in [-0.15, -0.1) is 0 Å². The number of hydrogen-bond donors (Lipinski definition) is 0. The fourth-order valence-corrected chi connectivity index (χ4v) is 2.25. The summed E-state index contributed by atoms with van der Waals surface area (Å²) < 4.78 is 9.56. The number of aryl methyl sites for hydroxylation is 1. The number of carbonyl (C=O) groups is 2. The third-order valence-corrected chi connectivity index (χ3v) is 3.60. The molecule has 20 heavy (non-hydrogen) atoms. The SMILES string of the molecule is CCCCc1cc(C(=O)OC)c(C(=O)OC)c(C)c1C. The number of benzene rings is 1. The fourth-order valence-electron chi connectivity index (χ4n) is 2.25. The summed E-state index contributed by atoms with van der Waals surface area (Å²) in [5, 5.41) is 0. The van der Waals surface area contributed by atoms with Crippen LogP contribution in [-0.2, 0) is 15.9 Å². The Bertz CT molecular complexity index is 518. The second kappa shape index (κ2) is 7.08. The molecule has 0 N–H and O–H groups in total. The topological polar surface area (TPSA) is 52.6 Å². The molecular formula is C16H22O4. The lowest BCUT2D eigenvalue weighted by Crippen LogP contribution is -2.16. The van der Waals surface area contributed by atoms with Gasteiger partial charge in [0, 0.05) is 0 Å². The first-order valence-corrected chi connectivity index (χ1v) is 6.77. The molecule has 4 nitrogen and oxygen atoms in total. The monoisotopic (exact) mass is 278 g/mol. The maximum absolute atomic E-state index is 11.9. The molecule has 0 heterocycles. The van der Waals surface area contributed by atoms with Gasteiger partial charge in [0.15, 0.2) is 0 Å². The maximum Gasteiger partial charge on any atom is 0.339 e. The zero-order valence-corrected chi connectivity index (χ0v) is 12.8. The van der Waals surface area contributed by atoms with Crippen molar-refractivity contribution < 1.29 is 19.1 Å². The highest BCUT2D eigenvalue weighted by atomic mass is 16.5. The number of carbonyl (C=O) groups excluding carboxylic acids is 2. The van der Waals surface area contributed by atoms with E-state index in [1.807, 2.05) is 13.8 Å². The minimum Gasteiger partial charge on any atom is -0.465 e. The molecule has 1 rings (SSSR count). The molecule has 0 unspecified atom stereocenters. The quantitative estimate of drug-likeness (QED) is 0.776. The van der Waals surface area contributed by atoms with E-state index in [9.17, 15) is 9.59 Å². The van der Waals surface area contributed by atoms with Crippen LogP contribution in [0.5, 0.6) is 0 Å². The van der Waals surface area contributed by atoms with Gasteiger partial charge in [0.1, 0.15) is 0 Å². The van der Waals surface area contributed by atoms with Crippen molar-refractivity contribution in [2.75, 3.05) is 14.2 Å². The average molecular weight is 278 g/mol. The molecule has 0 aliphatic heterocycles. The van der Waals surface area contributed by atoms with Crippen molar-refractivity contribution in [3.63, 3.8) is 0 Å². The molecule has 0 atom stereocenters. The summed E-state index contributed by atoms with van der Waals surface area (Å²) in [6.45, 7) is 5.92. The number of ether oxygens (including phenoxy) is 2. The summed E-state index contributed by atoms with van der Waals surface area (Å²) in [4.78, 5) is 23.8. The van der Waals surface area contributed by atoms with E-state index in [0.29, 0.717) is 5.56 Å². The number of unbranched alkanes of at least 4 members (excludes halogenated alkanes) is 1. The van der Waals surface area contributed by atoms with E-state index in [1.54, 1.807) is 6.07 Å². The van der Waals surface area contributed by atoms with E-state index >= 15 is 0 Å². The van der Waals surface area contributed by atoms with Crippen LogP contribution in [0.4, 0.5) is 0 Å². The summed E-state index contributed by atoms with van der Waals surface area (Å²) in [7, 11) is 2.62. The van der Waals surface area contributed by atoms with Crippen LogP contribution in [-0.4, -0.2) is 26.2 Å². The van der Waals surface area contributed by atoms with E-state index in [-0.39, 0.29) is 5.56 Å². The normalized spacial score (nSPS) is 10.2. The molecule has 0 aromatic heterocycles. The molecule has 110 valence electrons. The van der Waals surface area contributed by atoms with Crippen LogP contribution in [0.15, 0.2) is 6.07 Å². The Morgan fingerprint density at radius 1 is 1.05 bits per heavy atom. The Hall–Kier alpha value is -1.84. The lowest BCUT2D eigenvalue weighted by atomic mass is 9.91. The van der Waals surface area contributed by atoms with Crippen molar-refractivity contribution in [2.45, 2.75) is 40.0 Å². The minimum atomic E-state index is -0.508. The van der Waals surface area contributed by atoms with Crippen molar-refractivity contribution in [1.82, 2.24) is 0 Å². The predicted molar refractivity (Wildman–Crippen MR) is 77.2 cm³/mol. The highest BCUT2D eigenvalue weighted by Gasteiger charge is 2.23. The standard InChI is InChI=1S/C16H22O4/c1-6-7-8-12-9-13(15(17)19-4)14(16(18)20-5)11(3)10(12)2/h9H,6-8H2,1-5H3. The average Bonchev–Trinajstić information content (AvgIpc) is 2.46.